The third-order valence-electron chi connectivity index (χ3n) is 3.02. The second-order valence-corrected chi connectivity index (χ2v) is 4.44. The number of benzene rings is 1. The van der Waals surface area contributed by atoms with Crippen LogP contribution in [-0.4, -0.2) is 36.7 Å². The van der Waals surface area contributed by atoms with Gasteiger partial charge in [-0.25, -0.2) is 9.67 Å². The van der Waals surface area contributed by atoms with Crippen molar-refractivity contribution in [3.63, 3.8) is 0 Å². The Kier molecular flexibility index (Phi) is 3.51. The highest BCUT2D eigenvalue weighted by Crippen LogP contribution is 2.20. The summed E-state index contributed by atoms with van der Waals surface area (Å²) in [6.07, 6.45) is 5.20. The van der Waals surface area contributed by atoms with Gasteiger partial charge in [0.1, 0.15) is 12.2 Å². The summed E-state index contributed by atoms with van der Waals surface area (Å²) in [5.74, 6) is 0.957. The molecule has 0 bridgehead atoms. The fraction of sp³-hybridized carbons (Fsp3) is 0.231. The monoisotopic (exact) mass is 269 g/mol. The van der Waals surface area contributed by atoms with Gasteiger partial charge in [0.2, 0.25) is 0 Å². The summed E-state index contributed by atoms with van der Waals surface area (Å²) >= 11 is 0. The first-order chi connectivity index (χ1) is 9.86. The first kappa shape index (κ1) is 12.5. The zero-order chi connectivity index (χ0) is 13.8. The molecule has 0 spiro atoms. The van der Waals surface area contributed by atoms with Crippen LogP contribution in [0, 0.1) is 0 Å². The van der Waals surface area contributed by atoms with Gasteiger partial charge < -0.3 is 10.7 Å². The second kappa shape index (κ2) is 5.62. The van der Waals surface area contributed by atoms with Crippen molar-refractivity contribution in [2.45, 2.75) is 12.8 Å². The topological polar surface area (TPSA) is 98.3 Å². The second-order valence-electron chi connectivity index (χ2n) is 4.44. The molecule has 0 unspecified atom stereocenters. The molecule has 0 saturated carbocycles. The number of hydrogen-bond donors (Lipinski definition) is 2. The molecule has 3 rings (SSSR count). The fourth-order valence-electron chi connectivity index (χ4n) is 2.00. The molecule has 0 fully saturated rings. The van der Waals surface area contributed by atoms with E-state index in [4.69, 9.17) is 5.73 Å². The predicted octanol–water partition coefficient (Wildman–Crippen LogP) is 0.944. The average molecular weight is 269 g/mol. The van der Waals surface area contributed by atoms with Crippen LogP contribution in [0.25, 0.3) is 16.9 Å². The maximum absolute atomic E-state index is 5.51. The summed E-state index contributed by atoms with van der Waals surface area (Å²) in [6, 6.07) is 7.95. The third-order valence-corrected chi connectivity index (χ3v) is 3.02. The number of H-pyrrole nitrogens is 1. The van der Waals surface area contributed by atoms with Crippen molar-refractivity contribution in [3.05, 3.63) is 42.6 Å². The van der Waals surface area contributed by atoms with Crippen LogP contribution >= 0.6 is 0 Å². The molecule has 0 radical (unpaired) electrons. The van der Waals surface area contributed by atoms with Crippen LogP contribution in [0.5, 0.6) is 0 Å². The fourth-order valence-corrected chi connectivity index (χ4v) is 2.00. The molecule has 7 nitrogen and oxygen atoms in total. The normalized spacial score (nSPS) is 10.8. The summed E-state index contributed by atoms with van der Waals surface area (Å²) in [6.45, 7) is 0.671. The molecule has 1 aromatic carbocycles. The maximum Gasteiger partial charge on any atom is 0.143 e. The van der Waals surface area contributed by atoms with Crippen LogP contribution in [-0.2, 0) is 6.42 Å². The van der Waals surface area contributed by atoms with E-state index < -0.39 is 0 Å². The number of imidazole rings is 1. The maximum atomic E-state index is 5.51. The van der Waals surface area contributed by atoms with E-state index in [1.54, 1.807) is 11.0 Å². The van der Waals surface area contributed by atoms with Crippen molar-refractivity contribution in [2.75, 3.05) is 6.54 Å². The summed E-state index contributed by atoms with van der Waals surface area (Å²) in [5, 5.41) is 11.2. The van der Waals surface area contributed by atoms with Crippen molar-refractivity contribution in [2.24, 2.45) is 5.73 Å². The standard InChI is InChI=1S/C13H15N7/c14-6-2-5-13-15-8-12(17-13)10-3-1-4-11(7-10)20-9-16-18-19-20/h1,3-4,7-9H,2,5-6,14H2,(H,15,17). The Morgan fingerprint density at radius 3 is 3.05 bits per heavy atom. The first-order valence-electron chi connectivity index (χ1n) is 6.44. The molecule has 0 aliphatic carbocycles. The van der Waals surface area contributed by atoms with Crippen molar-refractivity contribution >= 4 is 0 Å². The van der Waals surface area contributed by atoms with E-state index in [0.29, 0.717) is 6.54 Å². The zero-order valence-electron chi connectivity index (χ0n) is 10.9. The van der Waals surface area contributed by atoms with Gasteiger partial charge in [0.15, 0.2) is 0 Å². The lowest BCUT2D eigenvalue weighted by Gasteiger charge is -2.02. The summed E-state index contributed by atoms with van der Waals surface area (Å²) in [5.41, 5.74) is 8.44. The van der Waals surface area contributed by atoms with E-state index in [2.05, 4.69) is 25.5 Å². The lowest BCUT2D eigenvalue weighted by molar-refractivity contribution is 0.789. The highest BCUT2D eigenvalue weighted by molar-refractivity contribution is 5.61. The molecule has 0 saturated heterocycles. The van der Waals surface area contributed by atoms with Crippen LogP contribution in [0.3, 0.4) is 0 Å². The molecule has 0 amide bonds. The van der Waals surface area contributed by atoms with Gasteiger partial charge in [-0.3, -0.25) is 0 Å². The van der Waals surface area contributed by atoms with Gasteiger partial charge >= 0.3 is 0 Å². The predicted molar refractivity (Wildman–Crippen MR) is 74.1 cm³/mol. The van der Waals surface area contributed by atoms with E-state index in [0.717, 1.165) is 35.6 Å². The van der Waals surface area contributed by atoms with Crippen molar-refractivity contribution in [3.8, 4) is 16.9 Å². The number of rotatable bonds is 5. The number of nitrogens with one attached hydrogen (secondary N) is 1. The van der Waals surface area contributed by atoms with Crippen molar-refractivity contribution in [1.29, 1.82) is 0 Å². The number of nitrogens with two attached hydrogens (primary N) is 1. The number of aryl methyl sites for hydroxylation is 1. The highest BCUT2D eigenvalue weighted by atomic mass is 15.5. The van der Waals surface area contributed by atoms with E-state index in [1.807, 2.05) is 30.5 Å². The quantitative estimate of drug-likeness (QED) is 0.718. The van der Waals surface area contributed by atoms with Crippen LogP contribution in [0.2, 0.25) is 0 Å². The number of aromatic amines is 1. The van der Waals surface area contributed by atoms with E-state index in [1.165, 1.54) is 0 Å². The minimum Gasteiger partial charge on any atom is -0.342 e. The van der Waals surface area contributed by atoms with E-state index in [9.17, 15) is 0 Å². The zero-order valence-corrected chi connectivity index (χ0v) is 10.9. The molecule has 0 aliphatic heterocycles. The Morgan fingerprint density at radius 2 is 2.25 bits per heavy atom. The molecule has 102 valence electrons. The highest BCUT2D eigenvalue weighted by Gasteiger charge is 2.05. The minimum absolute atomic E-state index is 0.671. The molecule has 20 heavy (non-hydrogen) atoms. The van der Waals surface area contributed by atoms with Gasteiger partial charge in [-0.1, -0.05) is 12.1 Å². The number of hydrogen-bond acceptors (Lipinski definition) is 5. The number of aromatic nitrogens is 6. The SMILES string of the molecule is NCCCc1ncc(-c2cccc(-n3cnnn3)c2)[nH]1. The van der Waals surface area contributed by atoms with Crippen LogP contribution < -0.4 is 5.73 Å². The molecule has 3 aromatic rings. The molecule has 2 heterocycles. The number of tetrazole rings is 1. The Labute approximate surface area is 115 Å². The average Bonchev–Trinajstić information content (AvgIpc) is 3.17. The van der Waals surface area contributed by atoms with Gasteiger partial charge in [-0.05, 0) is 35.5 Å². The van der Waals surface area contributed by atoms with Crippen LogP contribution in [0.1, 0.15) is 12.2 Å². The summed E-state index contributed by atoms with van der Waals surface area (Å²) in [4.78, 5) is 7.67. The largest absolute Gasteiger partial charge is 0.342 e. The smallest absolute Gasteiger partial charge is 0.143 e. The lowest BCUT2D eigenvalue weighted by atomic mass is 10.1. The van der Waals surface area contributed by atoms with E-state index >= 15 is 0 Å². The Hall–Kier alpha value is -2.54. The molecular formula is C13H15N7. The third kappa shape index (κ3) is 2.57. The van der Waals surface area contributed by atoms with Gasteiger partial charge in [0, 0.05) is 12.0 Å². The molecule has 2 aromatic heterocycles. The summed E-state index contributed by atoms with van der Waals surface area (Å²) in [7, 11) is 0. The van der Waals surface area contributed by atoms with Crippen LogP contribution in [0.4, 0.5) is 0 Å². The van der Waals surface area contributed by atoms with E-state index in [-0.39, 0.29) is 0 Å². The number of nitrogens with zero attached hydrogens (tertiary/aromatic N) is 5. The molecule has 7 heteroatoms. The molecule has 0 aliphatic rings. The van der Waals surface area contributed by atoms with Gasteiger partial charge in [0.05, 0.1) is 17.6 Å². The van der Waals surface area contributed by atoms with Gasteiger partial charge in [0.25, 0.3) is 0 Å². The molecule has 0 atom stereocenters. The first-order valence-corrected chi connectivity index (χ1v) is 6.44. The van der Waals surface area contributed by atoms with Crippen LogP contribution in [0.15, 0.2) is 36.8 Å². The minimum atomic E-state index is 0.671. The molecular weight excluding hydrogens is 254 g/mol. The van der Waals surface area contributed by atoms with Gasteiger partial charge in [-0.15, -0.1) is 5.10 Å². The van der Waals surface area contributed by atoms with Crippen molar-refractivity contribution in [1.82, 2.24) is 30.2 Å². The Balaban J connectivity index is 1.87. The Bertz CT molecular complexity index is 672. The molecule has 3 N–H and O–H groups in total. The van der Waals surface area contributed by atoms with Crippen molar-refractivity contribution < 1.29 is 0 Å². The van der Waals surface area contributed by atoms with Gasteiger partial charge in [-0.2, -0.15) is 0 Å². The lowest BCUT2D eigenvalue weighted by Crippen LogP contribution is -2.01. The Morgan fingerprint density at radius 1 is 1.30 bits per heavy atom. The summed E-state index contributed by atoms with van der Waals surface area (Å²) < 4.78 is 1.62.